The number of nitrogens with one attached hydrogen (secondary N) is 2. The van der Waals surface area contributed by atoms with Crippen LogP contribution in [0.2, 0.25) is 0 Å². The molecule has 1 aliphatic rings. The minimum atomic E-state index is -0.243. The monoisotopic (exact) mass is 332 g/mol. The van der Waals surface area contributed by atoms with Crippen molar-refractivity contribution in [3.63, 3.8) is 0 Å². The molecule has 1 heterocycles. The van der Waals surface area contributed by atoms with Crippen molar-refractivity contribution in [2.45, 2.75) is 26.7 Å². The van der Waals surface area contributed by atoms with Crippen LogP contribution in [0.1, 0.15) is 37.0 Å². The van der Waals surface area contributed by atoms with Gasteiger partial charge in [-0.1, -0.05) is 19.9 Å². The number of urea groups is 1. The van der Waals surface area contributed by atoms with Crippen molar-refractivity contribution in [1.29, 1.82) is 0 Å². The van der Waals surface area contributed by atoms with Crippen LogP contribution in [0.5, 0.6) is 0 Å². The minimum Gasteiger partial charge on any atom is -0.339 e. The molecule has 1 aromatic carbocycles. The lowest BCUT2D eigenvalue weighted by molar-refractivity contribution is 0.0793. The molecule has 0 atom stereocenters. The first-order valence-electron chi connectivity index (χ1n) is 8.80. The smallest absolute Gasteiger partial charge is 0.319 e. The van der Waals surface area contributed by atoms with E-state index in [0.29, 0.717) is 17.8 Å². The number of likely N-dealkylation sites (N-methyl/N-ethyl adjacent to an activating group) is 1. The van der Waals surface area contributed by atoms with Crippen LogP contribution >= 0.6 is 0 Å². The van der Waals surface area contributed by atoms with Gasteiger partial charge in [0.2, 0.25) is 0 Å². The van der Waals surface area contributed by atoms with Crippen LogP contribution in [0.4, 0.5) is 10.5 Å². The van der Waals surface area contributed by atoms with Crippen molar-refractivity contribution in [3.05, 3.63) is 29.8 Å². The van der Waals surface area contributed by atoms with Gasteiger partial charge in [-0.2, -0.15) is 0 Å². The lowest BCUT2D eigenvalue weighted by Gasteiger charge is -2.18. The molecule has 1 aliphatic heterocycles. The van der Waals surface area contributed by atoms with Gasteiger partial charge in [-0.05, 0) is 44.1 Å². The summed E-state index contributed by atoms with van der Waals surface area (Å²) in [5.41, 5.74) is 1.26. The summed E-state index contributed by atoms with van der Waals surface area (Å²) >= 11 is 0. The number of nitrogens with zero attached hydrogens (tertiary/aromatic N) is 2. The van der Waals surface area contributed by atoms with Crippen LogP contribution in [0.25, 0.3) is 0 Å². The topological polar surface area (TPSA) is 64.7 Å². The summed E-state index contributed by atoms with van der Waals surface area (Å²) in [6.07, 6.45) is 2.14. The third kappa shape index (κ3) is 5.23. The molecule has 0 aliphatic carbocycles. The Hall–Kier alpha value is -2.08. The van der Waals surface area contributed by atoms with E-state index in [9.17, 15) is 9.59 Å². The molecule has 0 radical (unpaired) electrons. The van der Waals surface area contributed by atoms with Gasteiger partial charge in [0.1, 0.15) is 0 Å². The molecule has 1 saturated heterocycles. The largest absolute Gasteiger partial charge is 0.339 e. The second-order valence-electron chi connectivity index (χ2n) is 5.99. The molecule has 3 amide bonds. The van der Waals surface area contributed by atoms with E-state index >= 15 is 0 Å². The van der Waals surface area contributed by atoms with Gasteiger partial charge in [0, 0.05) is 37.4 Å². The van der Waals surface area contributed by atoms with Crippen LogP contribution in [0.15, 0.2) is 24.3 Å². The zero-order chi connectivity index (χ0) is 17.4. The van der Waals surface area contributed by atoms with E-state index in [1.54, 1.807) is 24.3 Å². The van der Waals surface area contributed by atoms with Crippen molar-refractivity contribution < 1.29 is 9.59 Å². The van der Waals surface area contributed by atoms with Crippen LogP contribution in [-0.4, -0.2) is 61.0 Å². The second-order valence-corrected chi connectivity index (χ2v) is 5.99. The standard InChI is InChI=1S/C18H28N4O2/c1-3-21(4-2)13-10-19-18(24)20-16-9-7-8-15(14-16)17(23)22-11-5-6-12-22/h7-9,14H,3-6,10-13H2,1-2H3,(H2,19,20,24). The van der Waals surface area contributed by atoms with E-state index in [0.717, 1.165) is 45.6 Å². The molecule has 0 bridgehead atoms. The molecule has 0 spiro atoms. The molecular formula is C18H28N4O2. The van der Waals surface area contributed by atoms with Gasteiger partial charge in [0.15, 0.2) is 0 Å². The molecular weight excluding hydrogens is 304 g/mol. The summed E-state index contributed by atoms with van der Waals surface area (Å²) < 4.78 is 0. The molecule has 132 valence electrons. The summed E-state index contributed by atoms with van der Waals surface area (Å²) in [5.74, 6) is 0.0399. The van der Waals surface area contributed by atoms with Gasteiger partial charge in [0.25, 0.3) is 5.91 Å². The van der Waals surface area contributed by atoms with E-state index in [1.807, 2.05) is 4.90 Å². The number of carbonyl (C=O) groups excluding carboxylic acids is 2. The molecule has 24 heavy (non-hydrogen) atoms. The number of rotatable bonds is 7. The Morgan fingerprint density at radius 2 is 1.88 bits per heavy atom. The fourth-order valence-corrected chi connectivity index (χ4v) is 2.88. The van der Waals surface area contributed by atoms with Gasteiger partial charge < -0.3 is 20.4 Å². The summed E-state index contributed by atoms with van der Waals surface area (Å²) in [6.45, 7) is 9.22. The molecule has 6 nitrogen and oxygen atoms in total. The van der Waals surface area contributed by atoms with Crippen LogP contribution in [-0.2, 0) is 0 Å². The highest BCUT2D eigenvalue weighted by atomic mass is 16.2. The summed E-state index contributed by atoms with van der Waals surface area (Å²) in [4.78, 5) is 28.5. The Labute approximate surface area is 144 Å². The fourth-order valence-electron chi connectivity index (χ4n) is 2.88. The Kier molecular flexibility index (Phi) is 7.06. The summed E-state index contributed by atoms with van der Waals surface area (Å²) in [5, 5.41) is 5.65. The highest BCUT2D eigenvalue weighted by Crippen LogP contribution is 2.16. The Morgan fingerprint density at radius 1 is 1.17 bits per heavy atom. The zero-order valence-corrected chi connectivity index (χ0v) is 14.7. The minimum absolute atomic E-state index is 0.0399. The third-order valence-corrected chi connectivity index (χ3v) is 4.37. The maximum Gasteiger partial charge on any atom is 0.319 e. The van der Waals surface area contributed by atoms with Crippen molar-refractivity contribution in [2.75, 3.05) is 44.6 Å². The molecule has 2 rings (SSSR count). The van der Waals surface area contributed by atoms with E-state index in [2.05, 4.69) is 29.4 Å². The van der Waals surface area contributed by atoms with Gasteiger partial charge in [-0.15, -0.1) is 0 Å². The quantitative estimate of drug-likeness (QED) is 0.806. The lowest BCUT2D eigenvalue weighted by Crippen LogP contribution is -2.36. The van der Waals surface area contributed by atoms with Gasteiger partial charge in [-0.3, -0.25) is 4.79 Å². The first-order valence-corrected chi connectivity index (χ1v) is 8.80. The molecule has 0 unspecified atom stereocenters. The number of carbonyl (C=O) groups is 2. The molecule has 1 fully saturated rings. The number of amides is 3. The first kappa shape index (κ1) is 18.3. The number of benzene rings is 1. The summed E-state index contributed by atoms with van der Waals surface area (Å²) in [7, 11) is 0. The molecule has 0 aromatic heterocycles. The van der Waals surface area contributed by atoms with Gasteiger partial charge in [-0.25, -0.2) is 4.79 Å². The zero-order valence-electron chi connectivity index (χ0n) is 14.7. The molecule has 2 N–H and O–H groups in total. The van der Waals surface area contributed by atoms with E-state index in [1.165, 1.54) is 0 Å². The Morgan fingerprint density at radius 3 is 2.54 bits per heavy atom. The number of hydrogen-bond donors (Lipinski definition) is 2. The highest BCUT2D eigenvalue weighted by molar-refractivity contribution is 5.97. The second kappa shape index (κ2) is 9.27. The first-order chi connectivity index (χ1) is 11.6. The Bertz CT molecular complexity index is 552. The molecule has 6 heteroatoms. The van der Waals surface area contributed by atoms with E-state index in [-0.39, 0.29) is 11.9 Å². The van der Waals surface area contributed by atoms with Gasteiger partial charge >= 0.3 is 6.03 Å². The Balaban J connectivity index is 1.84. The SMILES string of the molecule is CCN(CC)CCNC(=O)Nc1cccc(C(=O)N2CCCC2)c1. The fraction of sp³-hybridized carbons (Fsp3) is 0.556. The molecule has 0 saturated carbocycles. The average molecular weight is 332 g/mol. The van der Waals surface area contributed by atoms with Crippen LogP contribution in [0.3, 0.4) is 0 Å². The van der Waals surface area contributed by atoms with Crippen LogP contribution in [0, 0.1) is 0 Å². The number of anilines is 1. The highest BCUT2D eigenvalue weighted by Gasteiger charge is 2.19. The number of likely N-dealkylation sites (tertiary alicyclic amines) is 1. The normalized spacial score (nSPS) is 14.0. The lowest BCUT2D eigenvalue weighted by atomic mass is 10.2. The predicted molar refractivity (Wildman–Crippen MR) is 96.4 cm³/mol. The van der Waals surface area contributed by atoms with E-state index in [4.69, 9.17) is 0 Å². The average Bonchev–Trinajstić information content (AvgIpc) is 3.13. The van der Waals surface area contributed by atoms with Gasteiger partial charge in [0.05, 0.1) is 0 Å². The molecule has 1 aromatic rings. The van der Waals surface area contributed by atoms with Crippen LogP contribution < -0.4 is 10.6 Å². The summed E-state index contributed by atoms with van der Waals surface area (Å²) in [6, 6.07) is 6.89. The van der Waals surface area contributed by atoms with Crippen molar-refractivity contribution in [2.24, 2.45) is 0 Å². The number of hydrogen-bond acceptors (Lipinski definition) is 3. The maximum atomic E-state index is 12.4. The van der Waals surface area contributed by atoms with Crippen molar-refractivity contribution in [1.82, 2.24) is 15.1 Å². The third-order valence-electron chi connectivity index (χ3n) is 4.37. The predicted octanol–water partition coefficient (Wildman–Crippen LogP) is 2.39. The van der Waals surface area contributed by atoms with E-state index < -0.39 is 0 Å². The van der Waals surface area contributed by atoms with Crippen molar-refractivity contribution >= 4 is 17.6 Å². The maximum absolute atomic E-state index is 12.4. The van der Waals surface area contributed by atoms with Crippen molar-refractivity contribution in [3.8, 4) is 0 Å².